The lowest BCUT2D eigenvalue weighted by Gasteiger charge is -2.08. The predicted octanol–water partition coefficient (Wildman–Crippen LogP) is 0.685. The Balaban J connectivity index is 2.08. The molecule has 0 bridgehead atoms. The number of hydrogen-bond donors (Lipinski definition) is 0. The molecule has 2 rings (SSSR count). The van der Waals surface area contributed by atoms with Crippen LogP contribution in [-0.2, 0) is 13.5 Å². The van der Waals surface area contributed by atoms with E-state index in [9.17, 15) is 4.79 Å². The molecule has 96 valence electrons. The van der Waals surface area contributed by atoms with Crippen molar-refractivity contribution in [1.82, 2.24) is 19.9 Å². The second kappa shape index (κ2) is 4.99. The largest absolute Gasteiger partial charge is 0.342 e. The molecule has 2 aromatic rings. The molecule has 0 aliphatic carbocycles. The summed E-state index contributed by atoms with van der Waals surface area (Å²) in [6, 6.07) is 1.66. The van der Waals surface area contributed by atoms with Crippen LogP contribution in [0.4, 0.5) is 5.95 Å². The Morgan fingerprint density at radius 2 is 2.33 bits per heavy atom. The molecule has 0 N–H and O–H groups in total. The summed E-state index contributed by atoms with van der Waals surface area (Å²) < 4.78 is 6.57. The third kappa shape index (κ3) is 2.39. The van der Waals surface area contributed by atoms with E-state index >= 15 is 0 Å². The average molecular weight is 249 g/mol. The Morgan fingerprint density at radius 3 is 2.94 bits per heavy atom. The highest BCUT2D eigenvalue weighted by atomic mass is 16.5. The molecule has 0 amide bonds. The molecule has 0 saturated carbocycles. The van der Waals surface area contributed by atoms with Crippen molar-refractivity contribution >= 4 is 11.7 Å². The molecule has 0 fully saturated rings. The molecule has 0 spiro atoms. The molecule has 7 heteroatoms. The van der Waals surface area contributed by atoms with Crippen molar-refractivity contribution in [3.05, 3.63) is 23.8 Å². The summed E-state index contributed by atoms with van der Waals surface area (Å²) in [5.41, 5.74) is 0.526. The van der Waals surface area contributed by atoms with Gasteiger partial charge in [-0.1, -0.05) is 0 Å². The third-order valence-electron chi connectivity index (χ3n) is 2.69. The lowest BCUT2D eigenvalue weighted by Crippen LogP contribution is -2.17. The summed E-state index contributed by atoms with van der Waals surface area (Å²) in [5.74, 6) is 0.714. The molecule has 0 unspecified atom stereocenters. The summed E-state index contributed by atoms with van der Waals surface area (Å²) in [4.78, 5) is 17.9. The highest BCUT2D eigenvalue weighted by Crippen LogP contribution is 2.09. The first-order valence-corrected chi connectivity index (χ1v) is 5.66. The smallest absolute Gasteiger partial charge is 0.265 e. The quantitative estimate of drug-likeness (QED) is 0.725. The van der Waals surface area contributed by atoms with Crippen LogP contribution in [0.5, 0.6) is 0 Å². The van der Waals surface area contributed by atoms with E-state index in [1.54, 1.807) is 19.3 Å². The normalized spacial score (nSPS) is 10.6. The molecule has 18 heavy (non-hydrogen) atoms. The zero-order valence-corrected chi connectivity index (χ0v) is 10.6. The molecule has 0 aliphatic heterocycles. The number of nitrogens with zero attached hydrogens (tertiary/aromatic N) is 5. The molecule has 7 nitrogen and oxygen atoms in total. The highest BCUT2D eigenvalue weighted by molar-refractivity contribution is 5.95. The average Bonchev–Trinajstić information content (AvgIpc) is 2.97. The van der Waals surface area contributed by atoms with Gasteiger partial charge in [0, 0.05) is 26.8 Å². The minimum atomic E-state index is -0.0932. The van der Waals surface area contributed by atoms with Crippen molar-refractivity contribution < 1.29 is 9.32 Å². The summed E-state index contributed by atoms with van der Waals surface area (Å²) in [5, 5.41) is 7.76. The van der Waals surface area contributed by atoms with E-state index in [1.165, 1.54) is 4.68 Å². The molecule has 0 radical (unpaired) electrons. The number of rotatable bonds is 5. The van der Waals surface area contributed by atoms with E-state index in [0.717, 1.165) is 6.54 Å². The second-order valence-electron chi connectivity index (χ2n) is 3.94. The first kappa shape index (κ1) is 12.3. The topological polar surface area (TPSA) is 77.0 Å². The number of Topliss-reactive ketones (excluding diaryl/α,β-unsaturated/α-hetero) is 1. The lowest BCUT2D eigenvalue weighted by atomic mass is 10.2. The van der Waals surface area contributed by atoms with Gasteiger partial charge in [0.15, 0.2) is 5.78 Å². The third-order valence-corrected chi connectivity index (χ3v) is 2.69. The van der Waals surface area contributed by atoms with Crippen LogP contribution in [0, 0.1) is 0 Å². The maximum atomic E-state index is 11.9. The Morgan fingerprint density at radius 1 is 1.56 bits per heavy atom. The zero-order chi connectivity index (χ0) is 13.1. The summed E-state index contributed by atoms with van der Waals surface area (Å²) >= 11 is 0. The van der Waals surface area contributed by atoms with E-state index in [2.05, 4.69) is 15.2 Å². The van der Waals surface area contributed by atoms with Gasteiger partial charge >= 0.3 is 0 Å². The van der Waals surface area contributed by atoms with E-state index in [1.807, 2.05) is 18.9 Å². The van der Waals surface area contributed by atoms with E-state index in [-0.39, 0.29) is 12.2 Å². The van der Waals surface area contributed by atoms with Crippen molar-refractivity contribution in [3.8, 4) is 0 Å². The maximum Gasteiger partial charge on any atom is 0.265 e. The van der Waals surface area contributed by atoms with Gasteiger partial charge in [-0.05, 0) is 18.1 Å². The van der Waals surface area contributed by atoms with Crippen LogP contribution < -0.4 is 4.90 Å². The standard InChI is InChI=1S/C11H15N5O2/c1-4-15(2)11-13-10(18-14-11)7-9(17)8-5-6-12-16(8)3/h5-6H,4,7H2,1-3H3. The predicted molar refractivity (Wildman–Crippen MR) is 64.5 cm³/mol. The fraction of sp³-hybridized carbons (Fsp3) is 0.455. The number of aromatic nitrogens is 4. The van der Waals surface area contributed by atoms with Gasteiger partial charge in [-0.15, -0.1) is 0 Å². The van der Waals surface area contributed by atoms with Crippen LogP contribution in [0.1, 0.15) is 23.3 Å². The van der Waals surface area contributed by atoms with E-state index in [0.29, 0.717) is 17.5 Å². The minimum absolute atomic E-state index is 0.0874. The monoisotopic (exact) mass is 249 g/mol. The molecule has 0 saturated heterocycles. The van der Waals surface area contributed by atoms with E-state index < -0.39 is 0 Å². The molecular weight excluding hydrogens is 234 g/mol. The number of anilines is 1. The summed E-state index contributed by atoms with van der Waals surface area (Å²) in [6.45, 7) is 2.76. The second-order valence-corrected chi connectivity index (χ2v) is 3.94. The maximum absolute atomic E-state index is 11.9. The van der Waals surface area contributed by atoms with Crippen LogP contribution in [0.25, 0.3) is 0 Å². The Hall–Kier alpha value is -2.18. The van der Waals surface area contributed by atoms with Crippen LogP contribution in [0.2, 0.25) is 0 Å². The first-order chi connectivity index (χ1) is 8.61. The van der Waals surface area contributed by atoms with Gasteiger partial charge in [0.05, 0.1) is 6.42 Å². The highest BCUT2D eigenvalue weighted by Gasteiger charge is 2.16. The van der Waals surface area contributed by atoms with Crippen molar-refractivity contribution in [1.29, 1.82) is 0 Å². The molecular formula is C11H15N5O2. The number of hydrogen-bond acceptors (Lipinski definition) is 6. The van der Waals surface area contributed by atoms with Crippen LogP contribution in [0.15, 0.2) is 16.8 Å². The molecule has 2 heterocycles. The van der Waals surface area contributed by atoms with Crippen LogP contribution >= 0.6 is 0 Å². The molecule has 0 aromatic carbocycles. The van der Waals surface area contributed by atoms with Gasteiger partial charge in [0.2, 0.25) is 5.89 Å². The van der Waals surface area contributed by atoms with Gasteiger partial charge in [-0.2, -0.15) is 10.1 Å². The van der Waals surface area contributed by atoms with Crippen molar-refractivity contribution in [2.45, 2.75) is 13.3 Å². The van der Waals surface area contributed by atoms with Gasteiger partial charge in [0.25, 0.3) is 5.95 Å². The van der Waals surface area contributed by atoms with Gasteiger partial charge < -0.3 is 9.42 Å². The summed E-state index contributed by atoms with van der Waals surface area (Å²) in [6.07, 6.45) is 1.67. The number of ketones is 1. The Kier molecular flexibility index (Phi) is 3.40. The Bertz CT molecular complexity index is 545. The van der Waals surface area contributed by atoms with Gasteiger partial charge in [-0.25, -0.2) is 0 Å². The van der Waals surface area contributed by atoms with Crippen molar-refractivity contribution in [2.75, 3.05) is 18.5 Å². The van der Waals surface area contributed by atoms with Crippen molar-refractivity contribution in [3.63, 3.8) is 0 Å². The molecule has 2 aromatic heterocycles. The number of aryl methyl sites for hydroxylation is 1. The lowest BCUT2D eigenvalue weighted by molar-refractivity contribution is 0.0974. The van der Waals surface area contributed by atoms with Crippen LogP contribution in [0.3, 0.4) is 0 Å². The number of carbonyl (C=O) groups is 1. The summed E-state index contributed by atoms with van der Waals surface area (Å²) in [7, 11) is 3.58. The van der Waals surface area contributed by atoms with Gasteiger partial charge in [-0.3, -0.25) is 9.48 Å². The SMILES string of the molecule is CCN(C)c1noc(CC(=O)c2ccnn2C)n1. The fourth-order valence-electron chi connectivity index (χ4n) is 1.49. The molecule has 0 atom stereocenters. The van der Waals surface area contributed by atoms with Crippen LogP contribution in [-0.4, -0.2) is 39.3 Å². The fourth-order valence-corrected chi connectivity index (χ4v) is 1.49. The zero-order valence-electron chi connectivity index (χ0n) is 10.6. The Labute approximate surface area is 104 Å². The van der Waals surface area contributed by atoms with Gasteiger partial charge in [0.1, 0.15) is 5.69 Å². The number of carbonyl (C=O) groups excluding carboxylic acids is 1. The first-order valence-electron chi connectivity index (χ1n) is 5.66. The van der Waals surface area contributed by atoms with E-state index in [4.69, 9.17) is 4.52 Å². The molecule has 0 aliphatic rings. The minimum Gasteiger partial charge on any atom is -0.342 e. The van der Waals surface area contributed by atoms with Crippen molar-refractivity contribution in [2.24, 2.45) is 7.05 Å².